The molecule has 0 atom stereocenters. The Kier molecular flexibility index (Phi) is 4.10. The van der Waals surface area contributed by atoms with Gasteiger partial charge in [0.05, 0.1) is 5.56 Å². The molecule has 0 saturated heterocycles. The molecule has 0 fully saturated rings. The van der Waals surface area contributed by atoms with Crippen molar-refractivity contribution in [3.8, 4) is 22.3 Å². The summed E-state index contributed by atoms with van der Waals surface area (Å²) in [6.07, 6.45) is 4.36. The van der Waals surface area contributed by atoms with Gasteiger partial charge in [0.15, 0.2) is 0 Å². The van der Waals surface area contributed by atoms with E-state index < -0.39 is 0 Å². The number of furan rings is 1. The first-order valence-corrected chi connectivity index (χ1v) is 10.9. The smallest absolute Gasteiger partial charge is 0.344 e. The van der Waals surface area contributed by atoms with E-state index in [0.717, 1.165) is 63.6 Å². The molecule has 3 nitrogen and oxygen atoms in total. The summed E-state index contributed by atoms with van der Waals surface area (Å²) in [5.41, 5.74) is 6.77. The largest absolute Gasteiger partial charge is 0.460 e. The van der Waals surface area contributed by atoms with Crippen LogP contribution in [0.2, 0.25) is 0 Å². The molecule has 0 aliphatic heterocycles. The van der Waals surface area contributed by atoms with Crippen molar-refractivity contribution in [2.24, 2.45) is 0 Å². The molecule has 0 N–H and O–H groups in total. The van der Waals surface area contributed by atoms with Crippen LogP contribution in [0, 0.1) is 6.92 Å². The van der Waals surface area contributed by atoms with E-state index in [1.807, 2.05) is 55.5 Å². The Morgan fingerprint density at radius 3 is 2.03 bits per heavy atom. The van der Waals surface area contributed by atoms with E-state index >= 15 is 0 Å². The third kappa shape index (κ3) is 2.77. The molecule has 3 aromatic carbocycles. The second kappa shape index (κ2) is 6.98. The van der Waals surface area contributed by atoms with E-state index in [9.17, 15) is 4.79 Å². The van der Waals surface area contributed by atoms with E-state index in [2.05, 4.69) is 18.2 Å². The minimum absolute atomic E-state index is 0.323. The maximum absolute atomic E-state index is 13.3. The zero-order valence-electron chi connectivity index (χ0n) is 17.4. The van der Waals surface area contributed by atoms with Crippen LogP contribution in [-0.2, 0) is 12.8 Å². The van der Waals surface area contributed by atoms with Gasteiger partial charge in [-0.2, -0.15) is 0 Å². The lowest BCUT2D eigenvalue weighted by Gasteiger charge is -2.14. The number of fused-ring (bicyclic) bond motifs is 4. The van der Waals surface area contributed by atoms with E-state index in [-0.39, 0.29) is 5.63 Å². The number of benzene rings is 3. The first-order valence-electron chi connectivity index (χ1n) is 10.9. The maximum atomic E-state index is 13.3. The van der Waals surface area contributed by atoms with Crippen molar-refractivity contribution < 1.29 is 8.83 Å². The summed E-state index contributed by atoms with van der Waals surface area (Å²) in [5, 5.41) is 2.12. The molecule has 0 radical (unpaired) electrons. The molecule has 2 heterocycles. The standard InChI is InChI=1S/C28H22O3/c1-17-26-21(20-14-8-9-15-23(20)30-26)16-22-24(18-10-4-2-5-11-18)25(28(29)31-27(17)22)19-12-6-3-7-13-19/h2-7,10-13,16H,8-9,14-15H2,1H3. The van der Waals surface area contributed by atoms with Crippen molar-refractivity contribution in [1.82, 2.24) is 0 Å². The van der Waals surface area contributed by atoms with Gasteiger partial charge < -0.3 is 8.83 Å². The molecular weight excluding hydrogens is 384 g/mol. The molecule has 6 rings (SSSR count). The molecule has 2 aromatic heterocycles. The minimum Gasteiger partial charge on any atom is -0.460 e. The molecule has 1 aliphatic carbocycles. The highest BCUT2D eigenvalue weighted by molar-refractivity contribution is 6.08. The van der Waals surface area contributed by atoms with Crippen molar-refractivity contribution in [3.05, 3.63) is 94.0 Å². The van der Waals surface area contributed by atoms with Gasteiger partial charge in [0.2, 0.25) is 0 Å². The van der Waals surface area contributed by atoms with Crippen molar-refractivity contribution in [3.63, 3.8) is 0 Å². The monoisotopic (exact) mass is 406 g/mol. The van der Waals surface area contributed by atoms with E-state index in [1.54, 1.807) is 0 Å². The third-order valence-corrected chi connectivity index (χ3v) is 6.47. The summed E-state index contributed by atoms with van der Waals surface area (Å²) < 4.78 is 12.2. The lowest BCUT2D eigenvalue weighted by atomic mass is 9.90. The number of hydrogen-bond donors (Lipinski definition) is 0. The Hall–Kier alpha value is -3.59. The fraction of sp³-hybridized carbons (Fsp3) is 0.179. The number of hydrogen-bond acceptors (Lipinski definition) is 3. The van der Waals surface area contributed by atoms with Gasteiger partial charge in [-0.25, -0.2) is 4.79 Å². The van der Waals surface area contributed by atoms with Gasteiger partial charge >= 0.3 is 5.63 Å². The zero-order chi connectivity index (χ0) is 20.9. The molecule has 1 aliphatic rings. The van der Waals surface area contributed by atoms with Crippen molar-refractivity contribution in [2.75, 3.05) is 0 Å². The Morgan fingerprint density at radius 1 is 0.710 bits per heavy atom. The summed E-state index contributed by atoms with van der Waals surface area (Å²) in [4.78, 5) is 13.3. The molecule has 0 spiro atoms. The number of aryl methyl sites for hydroxylation is 3. The van der Waals surface area contributed by atoms with Crippen molar-refractivity contribution >= 4 is 21.9 Å². The highest BCUT2D eigenvalue weighted by atomic mass is 16.4. The molecule has 152 valence electrons. The molecule has 5 aromatic rings. The Labute approximate surface area is 179 Å². The van der Waals surface area contributed by atoms with Crippen LogP contribution in [0.4, 0.5) is 0 Å². The van der Waals surface area contributed by atoms with Gasteiger partial charge in [-0.1, -0.05) is 60.7 Å². The zero-order valence-corrected chi connectivity index (χ0v) is 17.4. The summed E-state index contributed by atoms with van der Waals surface area (Å²) >= 11 is 0. The van der Waals surface area contributed by atoms with Crippen LogP contribution < -0.4 is 5.63 Å². The molecule has 3 heteroatoms. The van der Waals surface area contributed by atoms with E-state index in [0.29, 0.717) is 11.1 Å². The lowest BCUT2D eigenvalue weighted by molar-refractivity contribution is 0.503. The quantitative estimate of drug-likeness (QED) is 0.295. The Morgan fingerprint density at radius 2 is 1.32 bits per heavy atom. The minimum atomic E-state index is -0.323. The van der Waals surface area contributed by atoms with Crippen LogP contribution >= 0.6 is 0 Å². The first-order chi connectivity index (χ1) is 15.2. The molecule has 0 saturated carbocycles. The van der Waals surface area contributed by atoms with E-state index in [4.69, 9.17) is 8.83 Å². The lowest BCUT2D eigenvalue weighted by Crippen LogP contribution is -2.07. The van der Waals surface area contributed by atoms with Crippen LogP contribution in [0.15, 0.2) is 80.4 Å². The normalized spacial score (nSPS) is 13.6. The average molecular weight is 406 g/mol. The fourth-order valence-corrected chi connectivity index (χ4v) is 5.01. The van der Waals surface area contributed by atoms with E-state index in [1.165, 1.54) is 12.0 Å². The summed E-state index contributed by atoms with van der Waals surface area (Å²) in [7, 11) is 0. The van der Waals surface area contributed by atoms with Crippen molar-refractivity contribution in [2.45, 2.75) is 32.6 Å². The second-order valence-corrected chi connectivity index (χ2v) is 8.34. The van der Waals surface area contributed by atoms with Crippen LogP contribution in [0.3, 0.4) is 0 Å². The van der Waals surface area contributed by atoms with Crippen molar-refractivity contribution in [1.29, 1.82) is 0 Å². The highest BCUT2D eigenvalue weighted by Crippen LogP contribution is 2.42. The van der Waals surface area contributed by atoms with Gasteiger partial charge in [0.1, 0.15) is 16.9 Å². The Balaban J connectivity index is 1.81. The molecule has 31 heavy (non-hydrogen) atoms. The average Bonchev–Trinajstić information content (AvgIpc) is 3.19. The highest BCUT2D eigenvalue weighted by Gasteiger charge is 2.24. The topological polar surface area (TPSA) is 43.4 Å². The molecular formula is C28H22O3. The van der Waals surface area contributed by atoms with Crippen LogP contribution in [-0.4, -0.2) is 0 Å². The van der Waals surface area contributed by atoms with Gasteiger partial charge in [0, 0.05) is 33.9 Å². The van der Waals surface area contributed by atoms with Gasteiger partial charge in [-0.05, 0) is 43.4 Å². The first kappa shape index (κ1) is 18.2. The summed E-state index contributed by atoms with van der Waals surface area (Å²) in [6.45, 7) is 2.00. The van der Waals surface area contributed by atoms with Crippen LogP contribution in [0.25, 0.3) is 44.2 Å². The number of rotatable bonds is 2. The summed E-state index contributed by atoms with van der Waals surface area (Å²) in [6, 6.07) is 22.1. The van der Waals surface area contributed by atoms with Gasteiger partial charge in [-0.3, -0.25) is 0 Å². The third-order valence-electron chi connectivity index (χ3n) is 6.47. The molecule has 0 bridgehead atoms. The maximum Gasteiger partial charge on any atom is 0.344 e. The Bertz CT molecular complexity index is 1490. The van der Waals surface area contributed by atoms with Crippen LogP contribution in [0.5, 0.6) is 0 Å². The van der Waals surface area contributed by atoms with Gasteiger partial charge in [0.25, 0.3) is 0 Å². The van der Waals surface area contributed by atoms with Crippen LogP contribution in [0.1, 0.15) is 29.7 Å². The second-order valence-electron chi connectivity index (χ2n) is 8.34. The predicted octanol–water partition coefficient (Wildman–Crippen LogP) is 7.06. The fourth-order valence-electron chi connectivity index (χ4n) is 5.01. The van der Waals surface area contributed by atoms with Gasteiger partial charge in [-0.15, -0.1) is 0 Å². The predicted molar refractivity (Wildman–Crippen MR) is 125 cm³/mol. The molecule has 0 unspecified atom stereocenters. The molecule has 0 amide bonds. The SMILES string of the molecule is Cc1c2oc3c(c2cc2c(-c4ccccc4)c(-c4ccccc4)c(=O)oc12)CCCC3. The summed E-state index contributed by atoms with van der Waals surface area (Å²) in [5.74, 6) is 1.09.